The molecule has 2 heterocycles. The van der Waals surface area contributed by atoms with Crippen LogP contribution in [-0.2, 0) is 29.2 Å². The van der Waals surface area contributed by atoms with E-state index in [0.717, 1.165) is 0 Å². The van der Waals surface area contributed by atoms with Gasteiger partial charge in [-0.25, -0.2) is 4.79 Å². The first-order valence-corrected chi connectivity index (χ1v) is 11.4. The summed E-state index contributed by atoms with van der Waals surface area (Å²) < 4.78 is 22.8. The van der Waals surface area contributed by atoms with Gasteiger partial charge < -0.3 is 18.6 Å². The van der Waals surface area contributed by atoms with Crippen LogP contribution < -0.4 is 0 Å². The second-order valence-electron chi connectivity index (χ2n) is 10.3. The van der Waals surface area contributed by atoms with Crippen molar-refractivity contribution in [3.8, 4) is 0 Å². The largest absolute Gasteiger partial charge is 0.460 e. The topological polar surface area (TPSA) is 109 Å². The number of methoxy groups -OCH3 is 1. The second kappa shape index (κ2) is 7.13. The standard InChI is InChI=1S/C25H28O8/c1-11(2)22(28)32-14-8-24(3)13(6-7-15(24)26)17-19(14)25(4)16(10-30-5)33-23(29)12-9-31-21(18(12)25)20(17)27/h9,11,13-14,16H,6-8,10H2,1-5H3/t13-,14+,16+,24-,25-/m0/s1. The number of cyclic esters (lactones) is 1. The van der Waals surface area contributed by atoms with Crippen molar-refractivity contribution in [3.63, 3.8) is 0 Å². The number of ether oxygens (including phenoxy) is 3. The van der Waals surface area contributed by atoms with E-state index in [1.54, 1.807) is 13.8 Å². The molecule has 1 aliphatic heterocycles. The third-order valence-electron chi connectivity index (χ3n) is 8.12. The highest BCUT2D eigenvalue weighted by molar-refractivity contribution is 6.14. The monoisotopic (exact) mass is 456 g/mol. The molecule has 1 aromatic heterocycles. The van der Waals surface area contributed by atoms with E-state index in [0.29, 0.717) is 29.6 Å². The lowest BCUT2D eigenvalue weighted by molar-refractivity contribution is -0.155. The van der Waals surface area contributed by atoms with Gasteiger partial charge in [-0.05, 0) is 18.9 Å². The highest BCUT2D eigenvalue weighted by Gasteiger charge is 2.64. The Balaban J connectivity index is 1.79. The molecule has 0 amide bonds. The summed E-state index contributed by atoms with van der Waals surface area (Å²) in [6, 6.07) is 0. The Bertz CT molecular complexity index is 1120. The molecule has 0 aromatic carbocycles. The summed E-state index contributed by atoms with van der Waals surface area (Å²) >= 11 is 0. The van der Waals surface area contributed by atoms with Crippen LogP contribution in [0.5, 0.6) is 0 Å². The molecule has 3 aliphatic carbocycles. The van der Waals surface area contributed by atoms with E-state index in [1.807, 2.05) is 13.8 Å². The van der Waals surface area contributed by atoms with Crippen LogP contribution in [0.3, 0.4) is 0 Å². The number of carbonyl (C=O) groups is 4. The summed E-state index contributed by atoms with van der Waals surface area (Å²) in [5.41, 5.74) is -0.0799. The molecule has 176 valence electrons. The van der Waals surface area contributed by atoms with Gasteiger partial charge in [0.25, 0.3) is 0 Å². The number of Topliss-reactive ketones (excluding diaryl/α,β-unsaturated/α-hetero) is 2. The molecule has 0 bridgehead atoms. The van der Waals surface area contributed by atoms with Gasteiger partial charge in [0.2, 0.25) is 5.78 Å². The van der Waals surface area contributed by atoms with Crippen molar-refractivity contribution >= 4 is 23.5 Å². The van der Waals surface area contributed by atoms with Crippen molar-refractivity contribution in [1.82, 2.24) is 0 Å². The number of furan rings is 1. The Labute approximate surface area is 191 Å². The van der Waals surface area contributed by atoms with E-state index in [-0.39, 0.29) is 47.8 Å². The van der Waals surface area contributed by atoms with Crippen LogP contribution in [0.1, 0.15) is 73.4 Å². The Morgan fingerprint density at radius 1 is 1.24 bits per heavy atom. The van der Waals surface area contributed by atoms with Gasteiger partial charge in [0.05, 0.1) is 17.9 Å². The zero-order valence-corrected chi connectivity index (χ0v) is 19.5. The van der Waals surface area contributed by atoms with Crippen LogP contribution in [0.15, 0.2) is 21.8 Å². The maximum atomic E-state index is 13.8. The molecule has 5 atom stereocenters. The fourth-order valence-electron chi connectivity index (χ4n) is 6.36. The van der Waals surface area contributed by atoms with Gasteiger partial charge in [-0.1, -0.05) is 20.8 Å². The SMILES string of the molecule is COC[C@H]1OC(=O)c2coc3c2[C@@]1(C)C1=C(C3=O)[C@@H]2CCC(=O)[C@@]2(C)C[C@H]1OC(=O)C(C)C. The zero-order valence-electron chi connectivity index (χ0n) is 19.5. The molecule has 1 fully saturated rings. The Hall–Kier alpha value is -2.74. The molecule has 4 aliphatic rings. The van der Waals surface area contributed by atoms with Gasteiger partial charge in [-0.2, -0.15) is 0 Å². The van der Waals surface area contributed by atoms with E-state index in [1.165, 1.54) is 13.4 Å². The number of allylic oxidation sites excluding steroid dienone is 1. The molecule has 1 aromatic rings. The molecule has 8 heteroatoms. The van der Waals surface area contributed by atoms with Crippen molar-refractivity contribution < 1.29 is 37.8 Å². The summed E-state index contributed by atoms with van der Waals surface area (Å²) in [5, 5.41) is 0. The third kappa shape index (κ3) is 2.73. The van der Waals surface area contributed by atoms with Crippen molar-refractivity contribution in [2.75, 3.05) is 13.7 Å². The predicted molar refractivity (Wildman–Crippen MR) is 114 cm³/mol. The third-order valence-corrected chi connectivity index (χ3v) is 8.12. The maximum absolute atomic E-state index is 13.8. The minimum absolute atomic E-state index is 0.0667. The van der Waals surface area contributed by atoms with Gasteiger partial charge in [0, 0.05) is 42.4 Å². The first-order chi connectivity index (χ1) is 15.6. The Morgan fingerprint density at radius 2 is 1.97 bits per heavy atom. The van der Waals surface area contributed by atoms with E-state index >= 15 is 0 Å². The average Bonchev–Trinajstić information content (AvgIpc) is 3.33. The molecule has 0 spiro atoms. The first kappa shape index (κ1) is 22.1. The minimum atomic E-state index is -1.00. The summed E-state index contributed by atoms with van der Waals surface area (Å²) in [6.07, 6.45) is 0.890. The molecule has 0 saturated heterocycles. The molecule has 5 rings (SSSR count). The van der Waals surface area contributed by atoms with Crippen molar-refractivity contribution in [2.24, 2.45) is 17.3 Å². The smallest absolute Gasteiger partial charge is 0.342 e. The summed E-state index contributed by atoms with van der Waals surface area (Å²) in [7, 11) is 1.51. The molecule has 0 radical (unpaired) electrons. The number of carbonyl (C=O) groups excluding carboxylic acids is 4. The molecule has 0 N–H and O–H groups in total. The molecule has 8 nitrogen and oxygen atoms in total. The number of esters is 2. The molecular weight excluding hydrogens is 428 g/mol. The molecular formula is C25H28O8. The molecule has 1 saturated carbocycles. The predicted octanol–water partition coefficient (Wildman–Crippen LogP) is 3.17. The fraction of sp³-hybridized carbons (Fsp3) is 0.600. The van der Waals surface area contributed by atoms with Crippen molar-refractivity contribution in [3.05, 3.63) is 34.3 Å². The quantitative estimate of drug-likeness (QED) is 0.636. The zero-order chi connectivity index (χ0) is 23.9. The summed E-state index contributed by atoms with van der Waals surface area (Å²) in [5.74, 6) is -1.87. The van der Waals surface area contributed by atoms with Crippen LogP contribution in [0.2, 0.25) is 0 Å². The maximum Gasteiger partial charge on any atom is 0.342 e. The van der Waals surface area contributed by atoms with Crippen LogP contribution in [0, 0.1) is 17.3 Å². The Morgan fingerprint density at radius 3 is 2.64 bits per heavy atom. The van der Waals surface area contributed by atoms with Crippen LogP contribution in [0.4, 0.5) is 0 Å². The van der Waals surface area contributed by atoms with Gasteiger partial charge in [-0.15, -0.1) is 0 Å². The molecule has 33 heavy (non-hydrogen) atoms. The second-order valence-corrected chi connectivity index (χ2v) is 10.3. The van der Waals surface area contributed by atoms with E-state index in [9.17, 15) is 19.2 Å². The Kier molecular flexibility index (Phi) is 4.77. The number of ketones is 2. The van der Waals surface area contributed by atoms with Crippen LogP contribution >= 0.6 is 0 Å². The van der Waals surface area contributed by atoms with Crippen LogP contribution in [0.25, 0.3) is 0 Å². The minimum Gasteiger partial charge on any atom is -0.460 e. The van der Waals surface area contributed by atoms with E-state index < -0.39 is 35.0 Å². The lowest BCUT2D eigenvalue weighted by Crippen LogP contribution is -2.57. The number of hydrogen-bond donors (Lipinski definition) is 0. The fourth-order valence-corrected chi connectivity index (χ4v) is 6.36. The summed E-state index contributed by atoms with van der Waals surface area (Å²) in [6.45, 7) is 7.31. The number of rotatable bonds is 4. The lowest BCUT2D eigenvalue weighted by Gasteiger charge is -2.51. The number of hydrogen-bond acceptors (Lipinski definition) is 8. The first-order valence-electron chi connectivity index (χ1n) is 11.4. The van der Waals surface area contributed by atoms with Gasteiger partial charge in [0.15, 0.2) is 5.76 Å². The van der Waals surface area contributed by atoms with Crippen molar-refractivity contribution in [1.29, 1.82) is 0 Å². The average molecular weight is 456 g/mol. The highest BCUT2D eigenvalue weighted by Crippen LogP contribution is 2.61. The van der Waals surface area contributed by atoms with E-state index in [4.69, 9.17) is 18.6 Å². The van der Waals surface area contributed by atoms with Crippen LogP contribution in [-0.4, -0.2) is 49.4 Å². The van der Waals surface area contributed by atoms with E-state index in [2.05, 4.69) is 0 Å². The van der Waals surface area contributed by atoms with Crippen molar-refractivity contribution in [2.45, 2.75) is 64.6 Å². The molecule has 0 unspecified atom stereocenters. The summed E-state index contributed by atoms with van der Waals surface area (Å²) in [4.78, 5) is 52.3. The van der Waals surface area contributed by atoms with Gasteiger partial charge >= 0.3 is 11.9 Å². The van der Waals surface area contributed by atoms with Gasteiger partial charge in [0.1, 0.15) is 29.8 Å². The lowest BCUT2D eigenvalue weighted by atomic mass is 9.54. The highest BCUT2D eigenvalue weighted by atomic mass is 16.6. The number of fused-ring (bicyclic) bond motifs is 3. The normalized spacial score (nSPS) is 34.7. The van der Waals surface area contributed by atoms with Gasteiger partial charge in [-0.3, -0.25) is 14.4 Å².